The number of nitrogens with one attached hydrogen (secondary N) is 1. The average molecular weight is 508 g/mol. The van der Waals surface area contributed by atoms with Crippen LogP contribution >= 0.6 is 12.4 Å². The van der Waals surface area contributed by atoms with Crippen LogP contribution < -0.4 is 14.8 Å². The number of methoxy groups -OCH3 is 2. The average Bonchev–Trinajstić information content (AvgIpc) is 2.80. The maximum absolute atomic E-state index is 13.8. The third-order valence-electron chi connectivity index (χ3n) is 7.23. The van der Waals surface area contributed by atoms with E-state index in [0.717, 1.165) is 67.8 Å². The van der Waals surface area contributed by atoms with Crippen LogP contribution in [-0.4, -0.2) is 38.4 Å². The van der Waals surface area contributed by atoms with Gasteiger partial charge in [0.2, 0.25) is 0 Å². The number of fused-ring (bicyclic) bond motifs is 1. The molecule has 2 atom stereocenters. The van der Waals surface area contributed by atoms with Crippen molar-refractivity contribution in [2.75, 3.05) is 27.3 Å². The van der Waals surface area contributed by atoms with Crippen molar-refractivity contribution in [2.45, 2.75) is 58.3 Å². The van der Waals surface area contributed by atoms with E-state index in [-0.39, 0.29) is 41.9 Å². The fraction of sp³-hybridized carbons (Fsp3) is 0.536. The van der Waals surface area contributed by atoms with Crippen LogP contribution in [0.5, 0.6) is 11.5 Å². The standard InChI is InChI=1S/C28H38FNO4.ClH/c1-19(2)27-23-9-8-22(29)17-21(23)11-12-28(27,18-26(31)32)13-15-30-14-5-6-20-7-10-24(33-3)25(16-20)34-4;/h7-10,16-17,19,27,30H,5-6,11-15,18H2,1-4H3,(H,31,32);1H/t27-,28+;/m0./s1. The van der Waals surface area contributed by atoms with Gasteiger partial charge in [-0.05, 0) is 103 Å². The Bertz CT molecular complexity index is 983. The van der Waals surface area contributed by atoms with Gasteiger partial charge in [0, 0.05) is 0 Å². The topological polar surface area (TPSA) is 67.8 Å². The highest BCUT2D eigenvalue weighted by Gasteiger charge is 2.45. The number of carboxylic acid groups (broad SMARTS) is 1. The molecule has 194 valence electrons. The molecule has 0 amide bonds. The number of hydrogen-bond acceptors (Lipinski definition) is 4. The van der Waals surface area contributed by atoms with Crippen LogP contribution in [0, 0.1) is 17.2 Å². The summed E-state index contributed by atoms with van der Waals surface area (Å²) in [5.74, 6) is 0.855. The monoisotopic (exact) mass is 507 g/mol. The molecule has 2 aromatic carbocycles. The number of rotatable bonds is 12. The number of carboxylic acids is 1. The molecule has 7 heteroatoms. The summed E-state index contributed by atoms with van der Waals surface area (Å²) in [6, 6.07) is 11.0. The highest BCUT2D eigenvalue weighted by atomic mass is 35.5. The number of hydrogen-bond donors (Lipinski definition) is 2. The molecule has 35 heavy (non-hydrogen) atoms. The number of benzene rings is 2. The zero-order chi connectivity index (χ0) is 24.7. The van der Waals surface area contributed by atoms with Crippen molar-refractivity contribution >= 4 is 18.4 Å². The number of carbonyl (C=O) groups is 1. The van der Waals surface area contributed by atoms with Gasteiger partial charge in [0.1, 0.15) is 5.82 Å². The smallest absolute Gasteiger partial charge is 0.303 e. The molecule has 0 aliphatic heterocycles. The van der Waals surface area contributed by atoms with Gasteiger partial charge in [-0.3, -0.25) is 4.79 Å². The van der Waals surface area contributed by atoms with Gasteiger partial charge in [0.15, 0.2) is 11.5 Å². The third kappa shape index (κ3) is 7.11. The fourth-order valence-electron chi connectivity index (χ4n) is 5.81. The van der Waals surface area contributed by atoms with Crippen molar-refractivity contribution in [3.8, 4) is 11.5 Å². The van der Waals surface area contributed by atoms with Crippen LogP contribution in [0.4, 0.5) is 4.39 Å². The molecular formula is C28H39ClFNO4. The summed E-state index contributed by atoms with van der Waals surface area (Å²) < 4.78 is 24.5. The second-order valence-electron chi connectivity index (χ2n) is 9.79. The van der Waals surface area contributed by atoms with Crippen molar-refractivity contribution in [3.05, 3.63) is 58.9 Å². The first kappa shape index (κ1) is 28.9. The maximum Gasteiger partial charge on any atom is 0.303 e. The molecule has 0 unspecified atom stereocenters. The number of aryl methyl sites for hydroxylation is 2. The van der Waals surface area contributed by atoms with Crippen LogP contribution in [0.3, 0.4) is 0 Å². The molecule has 5 nitrogen and oxygen atoms in total. The van der Waals surface area contributed by atoms with E-state index in [1.54, 1.807) is 20.3 Å². The summed E-state index contributed by atoms with van der Waals surface area (Å²) in [4.78, 5) is 11.9. The van der Waals surface area contributed by atoms with E-state index in [0.29, 0.717) is 0 Å². The van der Waals surface area contributed by atoms with Gasteiger partial charge < -0.3 is 19.9 Å². The Hall–Kier alpha value is -2.31. The molecule has 2 aromatic rings. The highest BCUT2D eigenvalue weighted by Crippen LogP contribution is 2.53. The first-order valence-electron chi connectivity index (χ1n) is 12.2. The van der Waals surface area contributed by atoms with E-state index >= 15 is 0 Å². The summed E-state index contributed by atoms with van der Waals surface area (Å²) in [6.07, 6.45) is 4.31. The minimum Gasteiger partial charge on any atom is -0.493 e. The molecule has 0 fully saturated rings. The van der Waals surface area contributed by atoms with E-state index < -0.39 is 5.97 Å². The minimum atomic E-state index is -0.760. The van der Waals surface area contributed by atoms with Gasteiger partial charge in [-0.15, -0.1) is 12.4 Å². The molecule has 3 rings (SSSR count). The summed E-state index contributed by atoms with van der Waals surface area (Å²) in [5, 5.41) is 13.3. The van der Waals surface area contributed by atoms with E-state index in [4.69, 9.17) is 9.47 Å². The lowest BCUT2D eigenvalue weighted by atomic mass is 9.57. The third-order valence-corrected chi connectivity index (χ3v) is 7.23. The molecule has 1 aliphatic carbocycles. The van der Waals surface area contributed by atoms with E-state index in [1.807, 2.05) is 18.2 Å². The molecule has 0 heterocycles. The molecule has 0 saturated heterocycles. The van der Waals surface area contributed by atoms with Crippen LogP contribution in [-0.2, 0) is 17.6 Å². The van der Waals surface area contributed by atoms with Crippen LogP contribution in [0.25, 0.3) is 0 Å². The van der Waals surface area contributed by atoms with Crippen molar-refractivity contribution in [1.29, 1.82) is 0 Å². The van der Waals surface area contributed by atoms with Crippen molar-refractivity contribution in [3.63, 3.8) is 0 Å². The van der Waals surface area contributed by atoms with Gasteiger partial charge in [0.25, 0.3) is 0 Å². The van der Waals surface area contributed by atoms with E-state index in [9.17, 15) is 14.3 Å². The SMILES string of the molecule is COc1ccc(CCCNCC[C@@]2(CC(=O)O)CCc3cc(F)ccc3[C@@H]2C(C)C)cc1OC.Cl. The predicted molar refractivity (Wildman–Crippen MR) is 140 cm³/mol. The van der Waals surface area contributed by atoms with E-state index in [2.05, 4.69) is 25.2 Å². The largest absolute Gasteiger partial charge is 0.493 e. The lowest BCUT2D eigenvalue weighted by molar-refractivity contribution is -0.141. The molecule has 0 spiro atoms. The molecule has 0 saturated carbocycles. The van der Waals surface area contributed by atoms with Crippen LogP contribution in [0.15, 0.2) is 36.4 Å². The van der Waals surface area contributed by atoms with Crippen molar-refractivity contribution in [2.24, 2.45) is 11.3 Å². The Morgan fingerprint density at radius 1 is 1.14 bits per heavy atom. The van der Waals surface area contributed by atoms with Gasteiger partial charge in [-0.1, -0.05) is 26.0 Å². The lowest BCUT2D eigenvalue weighted by Gasteiger charge is -2.47. The van der Waals surface area contributed by atoms with Crippen LogP contribution in [0.2, 0.25) is 0 Å². The van der Waals surface area contributed by atoms with Gasteiger partial charge >= 0.3 is 5.97 Å². The van der Waals surface area contributed by atoms with Crippen molar-refractivity contribution < 1.29 is 23.8 Å². The normalized spacial score (nSPS) is 19.1. The Labute approximate surface area is 214 Å². The molecule has 0 bridgehead atoms. The van der Waals surface area contributed by atoms with Crippen LogP contribution in [0.1, 0.15) is 62.1 Å². The second-order valence-corrected chi connectivity index (χ2v) is 9.79. The first-order chi connectivity index (χ1) is 16.3. The molecule has 0 radical (unpaired) electrons. The Kier molecular flexibility index (Phi) is 10.8. The van der Waals surface area contributed by atoms with E-state index in [1.165, 1.54) is 11.6 Å². The first-order valence-corrected chi connectivity index (χ1v) is 12.2. The Morgan fingerprint density at radius 2 is 1.89 bits per heavy atom. The number of ether oxygens (including phenoxy) is 2. The summed E-state index contributed by atoms with van der Waals surface area (Å²) in [6.45, 7) is 5.91. The van der Waals surface area contributed by atoms with Gasteiger partial charge in [0.05, 0.1) is 20.6 Å². The molecule has 1 aliphatic rings. The van der Waals surface area contributed by atoms with Crippen molar-refractivity contribution in [1.82, 2.24) is 5.32 Å². The highest BCUT2D eigenvalue weighted by molar-refractivity contribution is 5.85. The molecule has 2 N–H and O–H groups in total. The fourth-order valence-corrected chi connectivity index (χ4v) is 5.81. The minimum absolute atomic E-state index is 0. The quantitative estimate of drug-likeness (QED) is 0.344. The van der Waals surface area contributed by atoms with Gasteiger partial charge in [-0.2, -0.15) is 0 Å². The zero-order valence-corrected chi connectivity index (χ0v) is 22.1. The lowest BCUT2D eigenvalue weighted by Crippen LogP contribution is -2.41. The molecular weight excluding hydrogens is 469 g/mol. The summed E-state index contributed by atoms with van der Waals surface area (Å²) >= 11 is 0. The maximum atomic E-state index is 13.8. The number of halogens is 2. The Morgan fingerprint density at radius 3 is 2.54 bits per heavy atom. The zero-order valence-electron chi connectivity index (χ0n) is 21.2. The Balaban J connectivity index is 0.00000432. The summed E-state index contributed by atoms with van der Waals surface area (Å²) in [5.41, 5.74) is 3.01. The second kappa shape index (κ2) is 13.1. The number of aliphatic carboxylic acids is 1. The van der Waals surface area contributed by atoms with Gasteiger partial charge in [-0.25, -0.2) is 4.39 Å². The predicted octanol–water partition coefficient (Wildman–Crippen LogP) is 6.02. The summed E-state index contributed by atoms with van der Waals surface area (Å²) in [7, 11) is 3.27. The molecule has 0 aromatic heterocycles.